The number of hydrogen-bond donors (Lipinski definition) is 3. The van der Waals surface area contributed by atoms with Crippen molar-refractivity contribution in [3.8, 4) is 0 Å². The van der Waals surface area contributed by atoms with Crippen LogP contribution in [0.3, 0.4) is 0 Å². The largest absolute Gasteiger partial charge is 0.387 e. The van der Waals surface area contributed by atoms with Crippen molar-refractivity contribution in [1.29, 1.82) is 0 Å². The second kappa shape index (κ2) is 7.14. The van der Waals surface area contributed by atoms with E-state index in [9.17, 15) is 9.90 Å². The Labute approximate surface area is 152 Å². The zero-order valence-corrected chi connectivity index (χ0v) is 14.3. The van der Waals surface area contributed by atoms with Crippen LogP contribution in [-0.2, 0) is 0 Å². The molecular weight excluding hydrogens is 326 g/mol. The number of nitrogens with one attached hydrogen (secondary N) is 2. The van der Waals surface area contributed by atoms with Crippen LogP contribution in [0.2, 0.25) is 0 Å². The third-order valence-electron chi connectivity index (χ3n) is 4.86. The fraction of sp³-hybridized carbons (Fsp3) is 0.238. The van der Waals surface area contributed by atoms with Crippen LogP contribution in [0, 0.1) is 0 Å². The fourth-order valence-corrected chi connectivity index (χ4v) is 3.27. The van der Waals surface area contributed by atoms with Crippen LogP contribution in [0.5, 0.6) is 0 Å². The average molecular weight is 347 g/mol. The highest BCUT2D eigenvalue weighted by Crippen LogP contribution is 2.41. The fourth-order valence-electron chi connectivity index (χ4n) is 3.27. The second-order valence-electron chi connectivity index (χ2n) is 6.71. The topological polar surface area (TPSA) is 74.2 Å². The molecule has 0 saturated heterocycles. The average Bonchev–Trinajstić information content (AvgIpc) is 3.45. The van der Waals surface area contributed by atoms with E-state index in [-0.39, 0.29) is 18.6 Å². The number of urea groups is 1. The summed E-state index contributed by atoms with van der Waals surface area (Å²) in [6.45, 7) is 0.170. The summed E-state index contributed by atoms with van der Waals surface area (Å²) in [5.41, 5.74) is 1.99. The van der Waals surface area contributed by atoms with Crippen molar-refractivity contribution in [2.45, 2.75) is 24.5 Å². The molecule has 2 aromatic carbocycles. The van der Waals surface area contributed by atoms with Crippen molar-refractivity contribution >= 4 is 16.8 Å². The van der Waals surface area contributed by atoms with Crippen LogP contribution < -0.4 is 10.6 Å². The van der Waals surface area contributed by atoms with Crippen molar-refractivity contribution in [3.63, 3.8) is 0 Å². The summed E-state index contributed by atoms with van der Waals surface area (Å²) in [4.78, 5) is 16.0. The number of fused-ring (bicyclic) bond motifs is 1. The molecule has 132 valence electrons. The van der Waals surface area contributed by atoms with Crippen LogP contribution in [0.1, 0.15) is 29.6 Å². The maximum atomic E-state index is 12.1. The minimum atomic E-state index is -0.737. The summed E-state index contributed by atoms with van der Waals surface area (Å²) in [5, 5.41) is 18.2. The molecule has 1 aromatic heterocycles. The van der Waals surface area contributed by atoms with Gasteiger partial charge >= 0.3 is 6.03 Å². The lowest BCUT2D eigenvalue weighted by Crippen LogP contribution is -2.39. The molecule has 5 heteroatoms. The smallest absolute Gasteiger partial charge is 0.315 e. The lowest BCUT2D eigenvalue weighted by molar-refractivity contribution is 0.173. The van der Waals surface area contributed by atoms with Crippen molar-refractivity contribution < 1.29 is 9.90 Å². The highest BCUT2D eigenvalue weighted by Gasteiger charge is 2.39. The monoisotopic (exact) mass is 347 g/mol. The van der Waals surface area contributed by atoms with E-state index in [1.54, 1.807) is 24.5 Å². The van der Waals surface area contributed by atoms with Crippen molar-refractivity contribution in [2.24, 2.45) is 0 Å². The Balaban J connectivity index is 1.29. The van der Waals surface area contributed by atoms with Crippen molar-refractivity contribution in [3.05, 3.63) is 78.1 Å². The first-order chi connectivity index (χ1) is 12.7. The summed E-state index contributed by atoms with van der Waals surface area (Å²) in [5.74, 6) is 0.357. The highest BCUT2D eigenvalue weighted by atomic mass is 16.3. The molecule has 3 atom stereocenters. The molecule has 2 amide bonds. The second-order valence-corrected chi connectivity index (χ2v) is 6.71. The van der Waals surface area contributed by atoms with E-state index in [0.29, 0.717) is 5.92 Å². The molecule has 0 radical (unpaired) electrons. The predicted octanol–water partition coefficient (Wildman–Crippen LogP) is 3.12. The van der Waals surface area contributed by atoms with Gasteiger partial charge in [0.25, 0.3) is 0 Å². The Morgan fingerprint density at radius 3 is 2.69 bits per heavy atom. The van der Waals surface area contributed by atoms with E-state index in [0.717, 1.165) is 12.0 Å². The Hall–Kier alpha value is -2.92. The maximum Gasteiger partial charge on any atom is 0.315 e. The number of benzene rings is 2. The van der Waals surface area contributed by atoms with Gasteiger partial charge in [0.15, 0.2) is 0 Å². The Kier molecular flexibility index (Phi) is 4.54. The zero-order valence-electron chi connectivity index (χ0n) is 14.3. The first kappa shape index (κ1) is 16.5. The Bertz CT molecular complexity index is 913. The van der Waals surface area contributed by atoms with Crippen LogP contribution in [0.15, 0.2) is 67.0 Å². The number of aliphatic hydroxyl groups excluding tert-OH is 1. The van der Waals surface area contributed by atoms with Gasteiger partial charge in [-0.3, -0.25) is 4.98 Å². The van der Waals surface area contributed by atoms with E-state index in [2.05, 4.69) is 45.9 Å². The molecule has 26 heavy (non-hydrogen) atoms. The zero-order chi connectivity index (χ0) is 17.9. The van der Waals surface area contributed by atoms with E-state index < -0.39 is 6.10 Å². The Morgan fingerprint density at radius 1 is 1.12 bits per heavy atom. The van der Waals surface area contributed by atoms with Gasteiger partial charge in [-0.2, -0.15) is 0 Å². The van der Waals surface area contributed by atoms with E-state index in [1.165, 1.54) is 16.3 Å². The molecule has 1 aliphatic rings. The number of carbonyl (C=O) groups is 1. The minimum absolute atomic E-state index is 0.147. The van der Waals surface area contributed by atoms with Gasteiger partial charge in [-0.05, 0) is 40.5 Å². The number of aliphatic hydroxyl groups is 1. The van der Waals surface area contributed by atoms with Crippen molar-refractivity contribution in [2.75, 3.05) is 6.54 Å². The molecule has 5 nitrogen and oxygen atoms in total. The van der Waals surface area contributed by atoms with E-state index in [4.69, 9.17) is 0 Å². The number of aromatic nitrogens is 1. The van der Waals surface area contributed by atoms with Crippen LogP contribution in [0.25, 0.3) is 10.8 Å². The molecule has 0 bridgehead atoms. The summed E-state index contributed by atoms with van der Waals surface area (Å²) >= 11 is 0. The molecule has 1 aliphatic carbocycles. The van der Waals surface area contributed by atoms with Gasteiger partial charge in [0.05, 0.1) is 6.10 Å². The summed E-state index contributed by atoms with van der Waals surface area (Å²) < 4.78 is 0. The normalized spacial score (nSPS) is 19.7. The summed E-state index contributed by atoms with van der Waals surface area (Å²) in [7, 11) is 0. The minimum Gasteiger partial charge on any atom is -0.387 e. The van der Waals surface area contributed by atoms with Gasteiger partial charge in [-0.1, -0.05) is 42.5 Å². The number of amides is 2. The van der Waals surface area contributed by atoms with Gasteiger partial charge in [0.1, 0.15) is 0 Å². The molecule has 3 N–H and O–H groups in total. The molecule has 1 unspecified atom stereocenters. The lowest BCUT2D eigenvalue weighted by atomic mass is 10.0. The highest BCUT2D eigenvalue weighted by molar-refractivity contribution is 5.83. The van der Waals surface area contributed by atoms with Gasteiger partial charge in [-0.15, -0.1) is 0 Å². The quantitative estimate of drug-likeness (QED) is 0.664. The lowest BCUT2D eigenvalue weighted by Gasteiger charge is -2.13. The van der Waals surface area contributed by atoms with E-state index in [1.807, 2.05) is 12.1 Å². The van der Waals surface area contributed by atoms with Gasteiger partial charge in [0, 0.05) is 30.9 Å². The molecule has 3 aromatic rings. The SMILES string of the molecule is O=C(NCC(O)c1ccncc1)N[C@@H]1C[C@H]1c1ccc2ccccc2c1. The van der Waals surface area contributed by atoms with Crippen LogP contribution >= 0.6 is 0 Å². The molecule has 1 saturated carbocycles. The van der Waals surface area contributed by atoms with Gasteiger partial charge in [0.2, 0.25) is 0 Å². The van der Waals surface area contributed by atoms with Gasteiger partial charge < -0.3 is 15.7 Å². The predicted molar refractivity (Wildman–Crippen MR) is 101 cm³/mol. The standard InChI is InChI=1S/C21H21N3O2/c25-20(15-7-9-22-10-8-15)13-23-21(26)24-19-12-18(19)17-6-5-14-3-1-2-4-16(14)11-17/h1-11,18-20,25H,12-13H2,(H2,23,24,26)/t18-,19+,20?/m0/s1. The third-order valence-corrected chi connectivity index (χ3v) is 4.86. The van der Waals surface area contributed by atoms with Gasteiger partial charge in [-0.25, -0.2) is 4.79 Å². The third kappa shape index (κ3) is 3.68. The first-order valence-corrected chi connectivity index (χ1v) is 8.82. The Morgan fingerprint density at radius 2 is 1.88 bits per heavy atom. The molecule has 4 rings (SSSR count). The number of rotatable bonds is 5. The first-order valence-electron chi connectivity index (χ1n) is 8.82. The number of hydrogen-bond acceptors (Lipinski definition) is 3. The summed E-state index contributed by atoms with van der Waals surface area (Å²) in [6, 6.07) is 18.1. The number of carbonyl (C=O) groups excluding carboxylic acids is 1. The number of pyridine rings is 1. The maximum absolute atomic E-state index is 12.1. The molecule has 1 heterocycles. The number of nitrogens with zero attached hydrogens (tertiary/aromatic N) is 1. The molecule has 1 fully saturated rings. The van der Waals surface area contributed by atoms with Crippen molar-refractivity contribution in [1.82, 2.24) is 15.6 Å². The molecular formula is C21H21N3O2. The summed E-state index contributed by atoms with van der Waals surface area (Å²) in [6.07, 6.45) is 3.45. The molecule has 0 spiro atoms. The van der Waals surface area contributed by atoms with E-state index >= 15 is 0 Å². The molecule has 0 aliphatic heterocycles. The van der Waals surface area contributed by atoms with Crippen LogP contribution in [-0.4, -0.2) is 28.7 Å². The van der Waals surface area contributed by atoms with Crippen LogP contribution in [0.4, 0.5) is 4.79 Å².